The van der Waals surface area contributed by atoms with Crippen LogP contribution in [0.4, 0.5) is 0 Å². The van der Waals surface area contributed by atoms with Gasteiger partial charge in [-0.15, -0.1) is 0 Å². The highest BCUT2D eigenvalue weighted by molar-refractivity contribution is 5.95. The summed E-state index contributed by atoms with van der Waals surface area (Å²) in [7, 11) is 6.32. The fourth-order valence-electron chi connectivity index (χ4n) is 22.9. The minimum atomic E-state index is -0.352. The molecular weight excluding hydrogens is 1840 g/mol. The smallest absolute Gasteiger partial charge is 0.332 e. The number of pyridine rings is 1. The molecule has 145 heavy (non-hydrogen) atoms. The Morgan fingerprint density at radius 2 is 0.924 bits per heavy atom. The Balaban J connectivity index is 0.000000125. The van der Waals surface area contributed by atoms with Crippen molar-refractivity contribution in [1.82, 2.24) is 115 Å². The summed E-state index contributed by atoms with van der Waals surface area (Å²) in [4.78, 5) is 179. The minimum absolute atomic E-state index is 0.00689. The van der Waals surface area contributed by atoms with Crippen LogP contribution in [-0.2, 0) is 90.6 Å². The fraction of sp³-hybridized carbons (Fsp3) is 0.514. The number of benzene rings is 3. The van der Waals surface area contributed by atoms with Gasteiger partial charge in [-0.1, -0.05) is 178 Å². The van der Waals surface area contributed by atoms with E-state index in [1.165, 1.54) is 94.7 Å². The Morgan fingerprint density at radius 1 is 0.448 bits per heavy atom. The summed E-state index contributed by atoms with van der Waals surface area (Å²) in [5.74, 6) is 7.30. The number of aliphatic hydroxyl groups is 1. The van der Waals surface area contributed by atoms with Gasteiger partial charge >= 0.3 is 28.4 Å². The third kappa shape index (κ3) is 21.4. The predicted octanol–water partition coefficient (Wildman–Crippen LogP) is 13.7. The van der Waals surface area contributed by atoms with Gasteiger partial charge in [0.15, 0.2) is 33.8 Å². The molecule has 3 atom stereocenters. The average Bonchev–Trinajstić information content (AvgIpc) is 1.54. The van der Waals surface area contributed by atoms with E-state index in [1.54, 1.807) is 33.9 Å². The van der Waals surface area contributed by atoms with Crippen LogP contribution in [0.2, 0.25) is 0 Å². The summed E-state index contributed by atoms with van der Waals surface area (Å²) in [6.45, 7) is 23.7. The van der Waals surface area contributed by atoms with Crippen LogP contribution >= 0.6 is 0 Å². The highest BCUT2D eigenvalue weighted by Gasteiger charge is 2.60. The van der Waals surface area contributed by atoms with Crippen molar-refractivity contribution in [1.29, 1.82) is 0 Å². The molecule has 7 aliphatic rings. The molecule has 5 N–H and O–H groups in total. The number of amides is 1. The maximum absolute atomic E-state index is 13.0. The van der Waals surface area contributed by atoms with Gasteiger partial charge in [0.2, 0.25) is 5.91 Å². The number of nitrogens with zero attached hydrogens (tertiary/aromatic N) is 20. The largest absolute Gasteiger partial charge is 0.396 e. The standard InChI is InChI=1S/C23H25N3O2.C21H29N5O2.C20H28N4O2.C17H20N4O2.C16H24N4O2.C12H16N4O2/c27-17-14-19-10-4-6-15-25(19)22(28)13-12-20-21-11-5-7-16-26(21)24-23(20)18-8-2-1-3-9-18;1-5-12-25(6-2)13-14-26-17(15-16-10-8-7-9-11-16)22-19-18(26)20(27)24(4)21(28)23(19)3;1-3-5-23-16-15(17(25)24(6-4-2)19(23)26)21-18(22-16)20-10-12-7-13(11-20)9-14(20)8-12;1-3-10-20-15-13(16(22)21(11-4-2)17(20)23)18-14(19-15)12-8-6-5-7-9-12;1-3-9-19-14-12(15(21)20(10-4-2)16(19)22)17-13(18-14)11-7-5-6-8-11;1-15-10-8(11(17)16(2)12(15)18)13-9(14-10)7-5-3-4-6-7/h1-3,5,7-9,11-13,16,19,27H,4,6,10,14-15,17H2;7-11H,5-6,12-15H2,1-4H3;12-14H,3-11H2,1-2H3,(H,21,22);5-9H,3-4,10-11H2,1-2H3,(H,18,19);11H,3-10H2,1-2H3,(H,17,18);7H,3-6H2,1-2H3,(H,13,14)/b13-12+;;;;;. The molecule has 3 unspecified atom stereocenters. The lowest BCUT2D eigenvalue weighted by Crippen LogP contribution is -2.43. The number of carbonyl (C=O) groups excluding carboxylic acids is 1. The van der Waals surface area contributed by atoms with Crippen LogP contribution in [0.5, 0.6) is 0 Å². The first-order chi connectivity index (χ1) is 70.2. The van der Waals surface area contributed by atoms with Crippen LogP contribution in [0.15, 0.2) is 169 Å². The molecule has 0 spiro atoms. The molecule has 3 aromatic carbocycles. The zero-order chi connectivity index (χ0) is 103. The molecule has 6 saturated carbocycles. The van der Waals surface area contributed by atoms with Crippen molar-refractivity contribution in [2.24, 2.45) is 45.9 Å². The van der Waals surface area contributed by atoms with E-state index >= 15 is 0 Å². The molecule has 36 nitrogen and oxygen atoms in total. The lowest BCUT2D eigenvalue weighted by Gasteiger charge is -2.34. The van der Waals surface area contributed by atoms with Gasteiger partial charge < -0.3 is 39.4 Å². The number of aliphatic hydroxyl groups excluding tert-OH is 1. The topological polar surface area (TPSA) is 414 Å². The van der Waals surface area contributed by atoms with E-state index in [0.29, 0.717) is 138 Å². The summed E-state index contributed by atoms with van der Waals surface area (Å²) in [5.41, 5.74) is 8.02. The number of hydrogen-bond acceptors (Lipinski definition) is 19. The Hall–Kier alpha value is -13.8. The summed E-state index contributed by atoms with van der Waals surface area (Å²) < 4.78 is 18.0. The molecule has 15 aromatic rings. The molecule has 4 bridgehead atoms. The number of aromatic nitrogens is 22. The molecule has 1 aliphatic heterocycles. The summed E-state index contributed by atoms with van der Waals surface area (Å²) >= 11 is 0. The van der Waals surface area contributed by atoms with Crippen LogP contribution in [0.25, 0.3) is 90.1 Å². The number of imidazole rings is 5. The molecule has 1 amide bonds. The molecular formula is C109H142N24O12. The summed E-state index contributed by atoms with van der Waals surface area (Å²) in [6.07, 6.45) is 31.3. The number of aromatic amines is 4. The van der Waals surface area contributed by atoms with Crippen molar-refractivity contribution in [3.63, 3.8) is 0 Å². The SMILES string of the molecule is CCCN(CC)CCn1c(Cc2ccccc2)nc2c1c(=O)n(C)c(=O)n2C.CCCn1c(=O)c2[nH]c(-c3ccccc3)nc2n(CCC)c1=O.CCCn1c(=O)c2[nH]c(C34CC5CC(CC3C5)C4)nc2n(CCC)c1=O.CCCn1c(=O)c2[nH]c(C3CCCC3)nc2n(CCC)c1=O.Cn1c(=O)c2[nH]c(C3CCCC3)nc2n(C)c1=O.O=C(/C=C/c1c(-c2ccccc2)nn2ccccc12)N1CCCCC1CCO. The summed E-state index contributed by atoms with van der Waals surface area (Å²) in [5, 5.41) is 14.0. The maximum atomic E-state index is 13.0. The van der Waals surface area contributed by atoms with Gasteiger partial charge in [0.25, 0.3) is 27.8 Å². The first-order valence-corrected chi connectivity index (χ1v) is 52.7. The van der Waals surface area contributed by atoms with Gasteiger partial charge in [0.1, 0.15) is 56.9 Å². The van der Waals surface area contributed by atoms with Gasteiger partial charge in [0, 0.05) is 152 Å². The second kappa shape index (κ2) is 46.5. The van der Waals surface area contributed by atoms with Crippen molar-refractivity contribution >= 4 is 73.3 Å². The van der Waals surface area contributed by atoms with Crippen LogP contribution in [0, 0.1) is 17.8 Å². The number of hydrogen-bond donors (Lipinski definition) is 5. The van der Waals surface area contributed by atoms with Crippen LogP contribution in [0.1, 0.15) is 256 Å². The lowest BCUT2D eigenvalue weighted by molar-refractivity contribution is -0.129. The highest BCUT2D eigenvalue weighted by atomic mass is 16.3. The number of piperidine rings is 1. The Labute approximate surface area is 839 Å². The fourth-order valence-corrected chi connectivity index (χ4v) is 22.9. The van der Waals surface area contributed by atoms with Crippen molar-refractivity contribution in [3.05, 3.63) is 260 Å². The van der Waals surface area contributed by atoms with Gasteiger partial charge in [-0.3, -0.25) is 74.4 Å². The molecule has 0 radical (unpaired) electrons. The predicted molar refractivity (Wildman–Crippen MR) is 568 cm³/mol. The minimum Gasteiger partial charge on any atom is -0.396 e. The maximum Gasteiger partial charge on any atom is 0.332 e. The van der Waals surface area contributed by atoms with Crippen LogP contribution in [-0.4, -0.2) is 164 Å². The first-order valence-electron chi connectivity index (χ1n) is 52.7. The molecule has 6 aliphatic carbocycles. The first kappa shape index (κ1) is 104. The van der Waals surface area contributed by atoms with Gasteiger partial charge in [-0.05, 0) is 183 Å². The molecule has 1 saturated heterocycles. The van der Waals surface area contributed by atoms with E-state index in [0.717, 1.165) is 194 Å². The number of fused-ring (bicyclic) bond motifs is 6. The monoisotopic (exact) mass is 1980 g/mol. The number of aryl methyl sites for hydroxylation is 5. The number of carbonyl (C=O) groups is 1. The molecule has 7 fully saturated rings. The highest BCUT2D eigenvalue weighted by Crippen LogP contribution is 2.65. The van der Waals surface area contributed by atoms with E-state index in [9.17, 15) is 57.8 Å². The number of H-pyrrole nitrogens is 4. The van der Waals surface area contributed by atoms with E-state index in [2.05, 4.69) is 72.7 Å². The molecule has 12 aromatic heterocycles. The quantitative estimate of drug-likeness (QED) is 0.0272. The molecule has 36 heteroatoms. The average molecular weight is 1980 g/mol. The third-order valence-electron chi connectivity index (χ3n) is 30.0. The van der Waals surface area contributed by atoms with Gasteiger partial charge in [0.05, 0.1) is 5.52 Å². The van der Waals surface area contributed by atoms with E-state index in [1.807, 2.05) is 158 Å². The van der Waals surface area contributed by atoms with Gasteiger partial charge in [-0.2, -0.15) is 5.10 Å². The van der Waals surface area contributed by atoms with Crippen molar-refractivity contribution in [2.75, 3.05) is 32.8 Å². The Morgan fingerprint density at radius 3 is 1.46 bits per heavy atom. The van der Waals surface area contributed by atoms with E-state index in [4.69, 9.17) is 15.1 Å². The van der Waals surface area contributed by atoms with Gasteiger partial charge in [-0.25, -0.2) is 53.4 Å². The number of likely N-dealkylation sites (tertiary alicyclic amines) is 1. The van der Waals surface area contributed by atoms with E-state index in [-0.39, 0.29) is 80.2 Å². The summed E-state index contributed by atoms with van der Waals surface area (Å²) in [6, 6.07) is 35.8. The number of nitrogens with one attached hydrogen (secondary N) is 4. The van der Waals surface area contributed by atoms with E-state index < -0.39 is 0 Å². The van der Waals surface area contributed by atoms with Crippen LogP contribution in [0.3, 0.4) is 0 Å². The second-order valence-electron chi connectivity index (χ2n) is 40.0. The zero-order valence-electron chi connectivity index (χ0n) is 86.1. The number of rotatable bonds is 29. The van der Waals surface area contributed by atoms with Crippen molar-refractivity contribution in [2.45, 2.75) is 285 Å². The second-order valence-corrected chi connectivity index (χ2v) is 40.0. The lowest BCUT2D eigenvalue weighted by atomic mass is 9.75. The van der Waals surface area contributed by atoms with Crippen molar-refractivity contribution in [3.8, 4) is 22.6 Å². The third-order valence-corrected chi connectivity index (χ3v) is 30.0. The molecule has 13 heterocycles. The Bertz CT molecular complexity index is 7790. The normalized spacial score (nSPS) is 17.7. The zero-order valence-corrected chi connectivity index (χ0v) is 86.1. The Kier molecular flexibility index (Phi) is 33.4. The number of likely N-dealkylation sites (N-methyl/N-ethyl adjacent to an activating group) is 1. The van der Waals surface area contributed by atoms with Crippen molar-refractivity contribution < 1.29 is 9.90 Å². The van der Waals surface area contributed by atoms with Crippen LogP contribution < -0.4 is 56.2 Å². The molecule has 770 valence electrons. The molecule has 22 rings (SSSR count).